The first kappa shape index (κ1) is 17.7. The number of rotatable bonds is 4. The van der Waals surface area contributed by atoms with E-state index in [0.29, 0.717) is 24.1 Å². The lowest BCUT2D eigenvalue weighted by Gasteiger charge is -2.17. The molecule has 2 aromatic carbocycles. The second-order valence-electron chi connectivity index (χ2n) is 5.86. The molecule has 0 bridgehead atoms. The number of anilines is 1. The van der Waals surface area contributed by atoms with Crippen LogP contribution in [-0.4, -0.2) is 29.3 Å². The van der Waals surface area contributed by atoms with Gasteiger partial charge in [-0.25, -0.2) is 0 Å². The number of fused-ring (bicyclic) bond motifs is 1. The molecule has 0 N–H and O–H groups in total. The van der Waals surface area contributed by atoms with E-state index in [1.54, 1.807) is 24.0 Å². The van der Waals surface area contributed by atoms with Gasteiger partial charge in [0.25, 0.3) is 5.91 Å². The first-order valence-electron chi connectivity index (χ1n) is 8.12. The molecule has 0 radical (unpaired) electrons. The third kappa shape index (κ3) is 3.44. The fourth-order valence-electron chi connectivity index (χ4n) is 2.93. The summed E-state index contributed by atoms with van der Waals surface area (Å²) < 4.78 is 11.0. The Kier molecular flexibility index (Phi) is 5.02. The monoisotopic (exact) mass is 351 g/mol. The molecule has 1 amide bonds. The second-order valence-corrected chi connectivity index (χ2v) is 5.86. The molecule has 0 unspecified atom stereocenters. The minimum Gasteiger partial charge on any atom is -0.484 e. The van der Waals surface area contributed by atoms with E-state index in [2.05, 4.69) is 16.3 Å². The van der Waals surface area contributed by atoms with Gasteiger partial charge in [-0.05, 0) is 42.3 Å². The van der Waals surface area contributed by atoms with Gasteiger partial charge in [-0.2, -0.15) is 0 Å². The standard InChI is InChI=1S/C19H17N3O3.CH4/c1-13-20-21-19(25-13)15-6-8-16(9-7-15)24-12-18(23)22-11-10-14-4-2-3-5-17(14)22;/h2-9H,10-12H2,1H3;1H4. The molecule has 1 aliphatic rings. The summed E-state index contributed by atoms with van der Waals surface area (Å²) in [6, 6.07) is 15.2. The van der Waals surface area contributed by atoms with Crippen molar-refractivity contribution in [3.63, 3.8) is 0 Å². The number of benzene rings is 2. The van der Waals surface area contributed by atoms with Crippen LogP contribution >= 0.6 is 0 Å². The van der Waals surface area contributed by atoms with Crippen LogP contribution < -0.4 is 9.64 Å². The first-order chi connectivity index (χ1) is 12.2. The van der Waals surface area contributed by atoms with Gasteiger partial charge in [0.2, 0.25) is 11.8 Å². The molecule has 2 heterocycles. The maximum Gasteiger partial charge on any atom is 0.264 e. The van der Waals surface area contributed by atoms with E-state index >= 15 is 0 Å². The molecule has 1 aromatic heterocycles. The highest BCUT2D eigenvalue weighted by molar-refractivity contribution is 5.96. The Balaban J connectivity index is 0.00000196. The molecule has 0 saturated carbocycles. The Labute approximate surface area is 152 Å². The minimum atomic E-state index is -0.0402. The minimum absolute atomic E-state index is 0. The molecule has 134 valence electrons. The van der Waals surface area contributed by atoms with Crippen LogP contribution in [0.1, 0.15) is 18.9 Å². The molecule has 6 nitrogen and oxygen atoms in total. The second kappa shape index (κ2) is 7.39. The summed E-state index contributed by atoms with van der Waals surface area (Å²) in [5.74, 6) is 1.57. The topological polar surface area (TPSA) is 68.5 Å². The van der Waals surface area contributed by atoms with Crippen molar-refractivity contribution in [2.75, 3.05) is 18.1 Å². The fourth-order valence-corrected chi connectivity index (χ4v) is 2.93. The molecule has 0 fully saturated rings. The first-order valence-corrected chi connectivity index (χ1v) is 8.12. The molecule has 0 spiro atoms. The van der Waals surface area contributed by atoms with Crippen LogP contribution in [0.15, 0.2) is 52.9 Å². The Morgan fingerprint density at radius 3 is 2.65 bits per heavy atom. The lowest BCUT2D eigenvalue weighted by Crippen LogP contribution is -2.33. The van der Waals surface area contributed by atoms with Crippen LogP contribution in [0, 0.1) is 6.92 Å². The van der Waals surface area contributed by atoms with Gasteiger partial charge < -0.3 is 14.1 Å². The highest BCUT2D eigenvalue weighted by atomic mass is 16.5. The summed E-state index contributed by atoms with van der Waals surface area (Å²) >= 11 is 0. The highest BCUT2D eigenvalue weighted by Crippen LogP contribution is 2.27. The van der Waals surface area contributed by atoms with Crippen molar-refractivity contribution in [1.29, 1.82) is 0 Å². The van der Waals surface area contributed by atoms with Crippen LogP contribution in [0.4, 0.5) is 5.69 Å². The van der Waals surface area contributed by atoms with E-state index in [-0.39, 0.29) is 19.9 Å². The molecule has 1 aliphatic heterocycles. The Morgan fingerprint density at radius 2 is 1.92 bits per heavy atom. The van der Waals surface area contributed by atoms with Gasteiger partial charge in [0.1, 0.15) is 5.75 Å². The lowest BCUT2D eigenvalue weighted by molar-refractivity contribution is -0.120. The third-order valence-corrected chi connectivity index (χ3v) is 4.18. The number of aryl methyl sites for hydroxylation is 1. The highest BCUT2D eigenvalue weighted by Gasteiger charge is 2.24. The molecular formula is C20H21N3O3. The van der Waals surface area contributed by atoms with Gasteiger partial charge in [0.05, 0.1) is 0 Å². The predicted molar refractivity (Wildman–Crippen MR) is 99.2 cm³/mol. The Hall–Kier alpha value is -3.15. The molecule has 0 aliphatic carbocycles. The molecule has 3 aromatic rings. The summed E-state index contributed by atoms with van der Waals surface area (Å²) in [6.07, 6.45) is 0.889. The quantitative estimate of drug-likeness (QED) is 0.718. The van der Waals surface area contributed by atoms with Gasteiger partial charge >= 0.3 is 0 Å². The average molecular weight is 351 g/mol. The van der Waals surface area contributed by atoms with E-state index in [0.717, 1.165) is 17.7 Å². The number of aromatic nitrogens is 2. The van der Waals surface area contributed by atoms with Crippen molar-refractivity contribution in [3.8, 4) is 17.2 Å². The van der Waals surface area contributed by atoms with E-state index in [4.69, 9.17) is 9.15 Å². The number of nitrogens with zero attached hydrogens (tertiary/aromatic N) is 3. The lowest BCUT2D eigenvalue weighted by atomic mass is 10.2. The molecule has 0 saturated heterocycles. The van der Waals surface area contributed by atoms with Crippen LogP contribution in [0.2, 0.25) is 0 Å². The number of carbonyl (C=O) groups is 1. The molecular weight excluding hydrogens is 330 g/mol. The zero-order valence-corrected chi connectivity index (χ0v) is 13.8. The van der Waals surface area contributed by atoms with Crippen molar-refractivity contribution in [1.82, 2.24) is 10.2 Å². The maximum atomic E-state index is 12.4. The zero-order valence-electron chi connectivity index (χ0n) is 13.8. The van der Waals surface area contributed by atoms with Gasteiger partial charge in [-0.1, -0.05) is 25.6 Å². The molecule has 0 atom stereocenters. The van der Waals surface area contributed by atoms with E-state index in [9.17, 15) is 4.79 Å². The average Bonchev–Trinajstić information content (AvgIpc) is 3.26. The number of hydrogen-bond acceptors (Lipinski definition) is 5. The van der Waals surface area contributed by atoms with Crippen molar-refractivity contribution >= 4 is 11.6 Å². The molecule has 6 heteroatoms. The van der Waals surface area contributed by atoms with Crippen LogP contribution in [-0.2, 0) is 11.2 Å². The van der Waals surface area contributed by atoms with Crippen molar-refractivity contribution < 1.29 is 13.9 Å². The third-order valence-electron chi connectivity index (χ3n) is 4.18. The van der Waals surface area contributed by atoms with Crippen molar-refractivity contribution in [3.05, 3.63) is 60.0 Å². The number of carbonyl (C=O) groups excluding carboxylic acids is 1. The van der Waals surface area contributed by atoms with E-state index in [1.807, 2.05) is 30.3 Å². The smallest absolute Gasteiger partial charge is 0.264 e. The van der Waals surface area contributed by atoms with Crippen molar-refractivity contribution in [2.24, 2.45) is 0 Å². The SMILES string of the molecule is C.Cc1nnc(-c2ccc(OCC(=O)N3CCc4ccccc43)cc2)o1. The van der Waals surface area contributed by atoms with Gasteiger partial charge in [0.15, 0.2) is 6.61 Å². The van der Waals surface area contributed by atoms with E-state index < -0.39 is 0 Å². The predicted octanol–water partition coefficient (Wildman–Crippen LogP) is 3.65. The summed E-state index contributed by atoms with van der Waals surface area (Å²) in [4.78, 5) is 14.2. The van der Waals surface area contributed by atoms with Crippen molar-refractivity contribution in [2.45, 2.75) is 20.8 Å². The summed E-state index contributed by atoms with van der Waals surface area (Å²) in [6.45, 7) is 2.46. The molecule has 26 heavy (non-hydrogen) atoms. The van der Waals surface area contributed by atoms with Gasteiger partial charge in [-0.3, -0.25) is 4.79 Å². The number of ether oxygens (including phenoxy) is 1. The fraction of sp³-hybridized carbons (Fsp3) is 0.250. The van der Waals surface area contributed by atoms with Crippen LogP contribution in [0.25, 0.3) is 11.5 Å². The summed E-state index contributed by atoms with van der Waals surface area (Å²) in [5, 5.41) is 7.78. The normalized spacial score (nSPS) is 12.4. The van der Waals surface area contributed by atoms with Crippen LogP contribution in [0.3, 0.4) is 0 Å². The number of hydrogen-bond donors (Lipinski definition) is 0. The van der Waals surface area contributed by atoms with Gasteiger partial charge in [0, 0.05) is 24.7 Å². The summed E-state index contributed by atoms with van der Waals surface area (Å²) in [5.41, 5.74) is 3.00. The Morgan fingerprint density at radius 1 is 1.15 bits per heavy atom. The number of amides is 1. The van der Waals surface area contributed by atoms with Gasteiger partial charge in [-0.15, -0.1) is 10.2 Å². The number of para-hydroxylation sites is 1. The molecule has 4 rings (SSSR count). The van der Waals surface area contributed by atoms with Crippen LogP contribution in [0.5, 0.6) is 5.75 Å². The Bertz CT molecular complexity index is 903. The zero-order chi connectivity index (χ0) is 17.2. The largest absolute Gasteiger partial charge is 0.484 e. The maximum absolute atomic E-state index is 12.4. The van der Waals surface area contributed by atoms with E-state index in [1.165, 1.54) is 5.56 Å². The summed E-state index contributed by atoms with van der Waals surface area (Å²) in [7, 11) is 0.